The van der Waals surface area contributed by atoms with Gasteiger partial charge in [-0.15, -0.1) is 0 Å². The third kappa shape index (κ3) is 5.43. The molecule has 4 rings (SSSR count). The number of benzene rings is 2. The molecule has 0 radical (unpaired) electrons. The van der Waals surface area contributed by atoms with Crippen LogP contribution in [0.15, 0.2) is 63.5 Å². The largest absolute Gasteiger partial charge is 0.495 e. The van der Waals surface area contributed by atoms with E-state index in [2.05, 4.69) is 26.0 Å². The lowest BCUT2D eigenvalue weighted by Gasteiger charge is -2.26. The standard InChI is InChI=1S/C29H31ClN2O4S/c1-6-8-22-25(28(34)36-7-2)26(20-12-10-19(11-13-20)17(3)4)32-27(33)24(37-29(32)31-22)16-18-9-14-23(35-5)21(30)15-18/h9-17,26H,6-8H2,1-5H3/b24-16+/t26-/m1/s1. The number of carbonyl (C=O) groups is 1. The number of fused-ring (bicyclic) bond motifs is 1. The maximum atomic E-state index is 13.8. The van der Waals surface area contributed by atoms with Gasteiger partial charge in [-0.3, -0.25) is 9.36 Å². The Morgan fingerprint density at radius 3 is 2.51 bits per heavy atom. The topological polar surface area (TPSA) is 69.9 Å². The van der Waals surface area contributed by atoms with Crippen LogP contribution in [0.3, 0.4) is 0 Å². The fourth-order valence-electron chi connectivity index (χ4n) is 4.42. The first-order chi connectivity index (χ1) is 17.8. The lowest BCUT2D eigenvalue weighted by Crippen LogP contribution is -2.40. The minimum absolute atomic E-state index is 0.217. The number of allylic oxidation sites excluding steroid dienone is 1. The summed E-state index contributed by atoms with van der Waals surface area (Å²) in [5.41, 5.74) is 3.67. The molecule has 194 valence electrons. The molecular formula is C29H31ClN2O4S. The first kappa shape index (κ1) is 26.9. The van der Waals surface area contributed by atoms with Crippen LogP contribution >= 0.6 is 22.9 Å². The summed E-state index contributed by atoms with van der Waals surface area (Å²) in [6.45, 7) is 8.32. The molecule has 3 aromatic rings. The van der Waals surface area contributed by atoms with Crippen molar-refractivity contribution in [2.75, 3.05) is 13.7 Å². The summed E-state index contributed by atoms with van der Waals surface area (Å²) in [6, 6.07) is 12.8. The number of esters is 1. The molecule has 0 unspecified atom stereocenters. The van der Waals surface area contributed by atoms with Gasteiger partial charge in [-0.2, -0.15) is 0 Å². The van der Waals surface area contributed by atoms with Gasteiger partial charge in [-0.05, 0) is 54.2 Å². The highest BCUT2D eigenvalue weighted by molar-refractivity contribution is 7.07. The molecule has 0 N–H and O–H groups in total. The van der Waals surface area contributed by atoms with E-state index in [1.807, 2.05) is 25.1 Å². The molecule has 1 atom stereocenters. The van der Waals surface area contributed by atoms with Crippen molar-refractivity contribution >= 4 is 35.0 Å². The van der Waals surface area contributed by atoms with Crippen LogP contribution < -0.4 is 19.6 Å². The Hall–Kier alpha value is -3.16. The van der Waals surface area contributed by atoms with E-state index in [9.17, 15) is 9.59 Å². The zero-order valence-electron chi connectivity index (χ0n) is 21.7. The van der Waals surface area contributed by atoms with E-state index >= 15 is 0 Å². The molecular weight excluding hydrogens is 508 g/mol. The Labute approximate surface area is 225 Å². The molecule has 0 aliphatic carbocycles. The highest BCUT2D eigenvalue weighted by atomic mass is 35.5. The molecule has 2 aromatic carbocycles. The van der Waals surface area contributed by atoms with E-state index in [0.717, 1.165) is 17.5 Å². The quantitative estimate of drug-likeness (QED) is 0.362. The Morgan fingerprint density at radius 2 is 1.92 bits per heavy atom. The van der Waals surface area contributed by atoms with Gasteiger partial charge in [0.2, 0.25) is 0 Å². The fraction of sp³-hybridized carbons (Fsp3) is 0.345. The van der Waals surface area contributed by atoms with Crippen LogP contribution in [-0.4, -0.2) is 24.3 Å². The lowest BCUT2D eigenvalue weighted by atomic mass is 9.92. The van der Waals surface area contributed by atoms with Crippen molar-refractivity contribution in [1.29, 1.82) is 0 Å². The number of hydrogen-bond acceptors (Lipinski definition) is 6. The van der Waals surface area contributed by atoms with E-state index in [0.29, 0.717) is 43.7 Å². The Morgan fingerprint density at radius 1 is 1.19 bits per heavy atom. The van der Waals surface area contributed by atoms with Crippen molar-refractivity contribution in [3.63, 3.8) is 0 Å². The van der Waals surface area contributed by atoms with Gasteiger partial charge in [0.1, 0.15) is 5.75 Å². The number of rotatable bonds is 8. The molecule has 0 fully saturated rings. The second kappa shape index (κ2) is 11.5. The Kier molecular flexibility index (Phi) is 8.35. The molecule has 1 aliphatic heterocycles. The maximum absolute atomic E-state index is 13.8. The van der Waals surface area contributed by atoms with Crippen molar-refractivity contribution in [1.82, 2.24) is 4.57 Å². The molecule has 2 heterocycles. The predicted molar refractivity (Wildman–Crippen MR) is 148 cm³/mol. The number of nitrogens with zero attached hydrogens (tertiary/aromatic N) is 2. The van der Waals surface area contributed by atoms with Gasteiger partial charge in [-0.1, -0.05) is 80.5 Å². The molecule has 8 heteroatoms. The van der Waals surface area contributed by atoms with Crippen LogP contribution in [0, 0.1) is 0 Å². The van der Waals surface area contributed by atoms with Crippen molar-refractivity contribution in [2.45, 2.75) is 52.5 Å². The van der Waals surface area contributed by atoms with Gasteiger partial charge in [0.25, 0.3) is 5.56 Å². The smallest absolute Gasteiger partial charge is 0.338 e. The zero-order chi connectivity index (χ0) is 26.7. The Bertz CT molecular complexity index is 1520. The molecule has 37 heavy (non-hydrogen) atoms. The highest BCUT2D eigenvalue weighted by Crippen LogP contribution is 2.33. The average molecular weight is 539 g/mol. The SMILES string of the molecule is CCCC1=C(C(=O)OCC)[C@@H](c2ccc(C(C)C)cc2)n2c(s/c(=C/c3ccc(OC)c(Cl)c3)c2=O)=N1. The Balaban J connectivity index is 1.96. The summed E-state index contributed by atoms with van der Waals surface area (Å²) in [4.78, 5) is 32.5. The van der Waals surface area contributed by atoms with Crippen molar-refractivity contribution in [3.05, 3.63) is 95.1 Å². The summed E-state index contributed by atoms with van der Waals surface area (Å²) in [7, 11) is 1.56. The van der Waals surface area contributed by atoms with Crippen LogP contribution in [0.5, 0.6) is 5.75 Å². The van der Waals surface area contributed by atoms with Crippen LogP contribution in [0.4, 0.5) is 0 Å². The average Bonchev–Trinajstić information content (AvgIpc) is 3.18. The number of carbonyl (C=O) groups excluding carboxylic acids is 1. The molecule has 6 nitrogen and oxygen atoms in total. The first-order valence-electron chi connectivity index (χ1n) is 12.4. The van der Waals surface area contributed by atoms with Gasteiger partial charge >= 0.3 is 5.97 Å². The van der Waals surface area contributed by atoms with E-state index in [1.165, 1.54) is 16.9 Å². The number of hydrogen-bond donors (Lipinski definition) is 0. The summed E-state index contributed by atoms with van der Waals surface area (Å²) < 4.78 is 12.8. The number of methoxy groups -OCH3 is 1. The van der Waals surface area contributed by atoms with E-state index < -0.39 is 12.0 Å². The third-order valence-electron chi connectivity index (χ3n) is 6.28. The van der Waals surface area contributed by atoms with Gasteiger partial charge in [-0.25, -0.2) is 9.79 Å². The van der Waals surface area contributed by atoms with Gasteiger partial charge < -0.3 is 9.47 Å². The normalized spacial score (nSPS) is 15.5. The number of aromatic nitrogens is 1. The molecule has 0 spiro atoms. The molecule has 0 amide bonds. The van der Waals surface area contributed by atoms with Crippen molar-refractivity contribution in [2.24, 2.45) is 4.99 Å². The number of thiazole rings is 1. The van der Waals surface area contributed by atoms with Crippen LogP contribution in [0.2, 0.25) is 5.02 Å². The molecule has 0 saturated heterocycles. The minimum atomic E-state index is -0.625. The van der Waals surface area contributed by atoms with Crippen molar-refractivity contribution in [3.8, 4) is 5.75 Å². The minimum Gasteiger partial charge on any atom is -0.495 e. The first-order valence-corrected chi connectivity index (χ1v) is 13.6. The summed E-state index contributed by atoms with van der Waals surface area (Å²) in [5, 5.41) is 0.460. The third-order valence-corrected chi connectivity index (χ3v) is 7.56. The molecule has 1 aliphatic rings. The van der Waals surface area contributed by atoms with Crippen molar-refractivity contribution < 1.29 is 14.3 Å². The second-order valence-corrected chi connectivity index (χ2v) is 10.5. The van der Waals surface area contributed by atoms with E-state index in [4.69, 9.17) is 26.1 Å². The second-order valence-electron chi connectivity index (χ2n) is 9.13. The molecule has 0 bridgehead atoms. The number of halogens is 1. The van der Waals surface area contributed by atoms with Gasteiger partial charge in [0.05, 0.1) is 40.6 Å². The molecule has 0 saturated carbocycles. The fourth-order valence-corrected chi connectivity index (χ4v) is 5.71. The van der Waals surface area contributed by atoms with Crippen LogP contribution in [-0.2, 0) is 9.53 Å². The summed E-state index contributed by atoms with van der Waals surface area (Å²) in [6.07, 6.45) is 3.20. The lowest BCUT2D eigenvalue weighted by molar-refractivity contribution is -0.139. The van der Waals surface area contributed by atoms with Crippen LogP contribution in [0.25, 0.3) is 6.08 Å². The summed E-state index contributed by atoms with van der Waals surface area (Å²) in [5.74, 6) is 0.486. The number of ether oxygens (including phenoxy) is 2. The van der Waals surface area contributed by atoms with Gasteiger partial charge in [0.15, 0.2) is 4.80 Å². The molecule has 1 aromatic heterocycles. The zero-order valence-corrected chi connectivity index (χ0v) is 23.3. The maximum Gasteiger partial charge on any atom is 0.338 e. The van der Waals surface area contributed by atoms with E-state index in [-0.39, 0.29) is 12.2 Å². The van der Waals surface area contributed by atoms with Crippen LogP contribution in [0.1, 0.15) is 69.2 Å². The monoisotopic (exact) mass is 538 g/mol. The van der Waals surface area contributed by atoms with Gasteiger partial charge in [0, 0.05) is 0 Å². The predicted octanol–water partition coefficient (Wildman–Crippen LogP) is 5.36. The van der Waals surface area contributed by atoms with E-state index in [1.54, 1.807) is 36.8 Å². The summed E-state index contributed by atoms with van der Waals surface area (Å²) >= 11 is 7.61. The highest BCUT2D eigenvalue weighted by Gasteiger charge is 2.34.